The molecule has 19 heavy (non-hydrogen) atoms. The summed E-state index contributed by atoms with van der Waals surface area (Å²) in [6, 6.07) is -0.441. The topological polar surface area (TPSA) is 87.2 Å². The average molecular weight is 288 g/mol. The van der Waals surface area contributed by atoms with E-state index < -0.39 is 12.0 Å². The maximum absolute atomic E-state index is 12.2. The van der Waals surface area contributed by atoms with Gasteiger partial charge in [-0.05, 0) is 0 Å². The van der Waals surface area contributed by atoms with Gasteiger partial charge in [0.05, 0.1) is 37.3 Å². The number of rotatable bonds is 4. The number of ether oxygens (including phenoxy) is 1. The van der Waals surface area contributed by atoms with Crippen molar-refractivity contribution in [1.29, 1.82) is 0 Å². The molecule has 2 fully saturated rings. The molecular formula is C11H16N2O5S. The number of hydrogen-bond donors (Lipinski definition) is 1. The number of carbonyl (C=O) groups is 3. The first kappa shape index (κ1) is 14.1. The third kappa shape index (κ3) is 3.60. The Hall–Kier alpha value is -1.28. The van der Waals surface area contributed by atoms with Crippen LogP contribution in [0.4, 0.5) is 0 Å². The highest BCUT2D eigenvalue weighted by molar-refractivity contribution is 8.00. The molecule has 0 aromatic rings. The minimum absolute atomic E-state index is 0.0297. The number of hydrogen-bond acceptors (Lipinski definition) is 5. The SMILES string of the molecule is O=C(O)C[C@@H]1COCCN1C(=O)CN1CSCC1=O. The van der Waals surface area contributed by atoms with Crippen molar-refractivity contribution < 1.29 is 24.2 Å². The molecule has 0 saturated carbocycles. The lowest BCUT2D eigenvalue weighted by atomic mass is 10.1. The van der Waals surface area contributed by atoms with Crippen LogP contribution in [0.3, 0.4) is 0 Å². The summed E-state index contributed by atoms with van der Waals surface area (Å²) in [5.41, 5.74) is 0. The first-order chi connectivity index (χ1) is 9.08. The standard InChI is InChI=1S/C11H16N2O5S/c14-9(4-12-7-19-6-10(12)15)13-1-2-18-5-8(13)3-11(16)17/h8H,1-7H2,(H,16,17)/t8-/m1/s1. The van der Waals surface area contributed by atoms with E-state index in [0.29, 0.717) is 24.8 Å². The van der Waals surface area contributed by atoms with Crippen molar-refractivity contribution in [2.45, 2.75) is 12.5 Å². The van der Waals surface area contributed by atoms with Crippen molar-refractivity contribution in [3.8, 4) is 0 Å². The normalized spacial score (nSPS) is 23.8. The number of carbonyl (C=O) groups excluding carboxylic acids is 2. The first-order valence-corrected chi connectivity index (χ1v) is 7.18. The monoisotopic (exact) mass is 288 g/mol. The van der Waals surface area contributed by atoms with Crippen molar-refractivity contribution in [1.82, 2.24) is 9.80 Å². The van der Waals surface area contributed by atoms with Gasteiger partial charge < -0.3 is 19.6 Å². The Morgan fingerprint density at radius 3 is 2.89 bits per heavy atom. The Morgan fingerprint density at radius 1 is 1.47 bits per heavy atom. The van der Waals surface area contributed by atoms with Crippen LogP contribution in [0.2, 0.25) is 0 Å². The molecule has 0 bridgehead atoms. The second-order valence-corrected chi connectivity index (χ2v) is 5.44. The summed E-state index contributed by atoms with van der Waals surface area (Å²) >= 11 is 1.48. The van der Waals surface area contributed by atoms with Crippen molar-refractivity contribution in [3.05, 3.63) is 0 Å². The Kier molecular flexibility index (Phi) is 4.65. The summed E-state index contributed by atoms with van der Waals surface area (Å²) < 4.78 is 5.21. The smallest absolute Gasteiger partial charge is 0.305 e. The van der Waals surface area contributed by atoms with E-state index >= 15 is 0 Å². The van der Waals surface area contributed by atoms with Crippen molar-refractivity contribution in [3.63, 3.8) is 0 Å². The Bertz CT molecular complexity index is 389. The minimum Gasteiger partial charge on any atom is -0.481 e. The fraction of sp³-hybridized carbons (Fsp3) is 0.727. The molecule has 8 heteroatoms. The number of amides is 2. The number of carboxylic acids is 1. The summed E-state index contributed by atoms with van der Waals surface area (Å²) in [4.78, 5) is 37.4. The van der Waals surface area contributed by atoms with Crippen molar-refractivity contribution >= 4 is 29.5 Å². The first-order valence-electron chi connectivity index (χ1n) is 6.02. The molecule has 0 unspecified atom stereocenters. The van der Waals surface area contributed by atoms with Gasteiger partial charge >= 0.3 is 5.97 Å². The van der Waals surface area contributed by atoms with Gasteiger partial charge in [0.2, 0.25) is 11.8 Å². The van der Waals surface area contributed by atoms with Gasteiger partial charge in [-0.2, -0.15) is 0 Å². The number of carboxylic acid groups (broad SMARTS) is 1. The summed E-state index contributed by atoms with van der Waals surface area (Å²) in [6.07, 6.45) is -0.131. The third-order valence-corrected chi connectivity index (χ3v) is 4.05. The molecule has 2 amide bonds. The summed E-state index contributed by atoms with van der Waals surface area (Å²) in [7, 11) is 0. The van der Waals surface area contributed by atoms with Crippen LogP contribution in [0.5, 0.6) is 0 Å². The van der Waals surface area contributed by atoms with E-state index in [-0.39, 0.29) is 31.4 Å². The van der Waals surface area contributed by atoms with E-state index in [1.807, 2.05) is 0 Å². The molecule has 0 aromatic heterocycles. The van der Waals surface area contributed by atoms with Gasteiger partial charge in [-0.25, -0.2) is 0 Å². The van der Waals surface area contributed by atoms with E-state index in [1.54, 1.807) is 0 Å². The molecule has 2 heterocycles. The maximum Gasteiger partial charge on any atom is 0.305 e. The fourth-order valence-electron chi connectivity index (χ4n) is 2.15. The van der Waals surface area contributed by atoms with Crippen LogP contribution in [0, 0.1) is 0 Å². The Balaban J connectivity index is 1.94. The van der Waals surface area contributed by atoms with Gasteiger partial charge in [0.25, 0.3) is 0 Å². The van der Waals surface area contributed by atoms with Crippen LogP contribution in [0.15, 0.2) is 0 Å². The van der Waals surface area contributed by atoms with E-state index in [9.17, 15) is 14.4 Å². The lowest BCUT2D eigenvalue weighted by molar-refractivity contribution is -0.148. The fourth-order valence-corrected chi connectivity index (χ4v) is 3.05. The molecule has 2 rings (SSSR count). The maximum atomic E-state index is 12.2. The highest BCUT2D eigenvalue weighted by Crippen LogP contribution is 2.16. The summed E-state index contributed by atoms with van der Waals surface area (Å²) in [5, 5.41) is 8.83. The highest BCUT2D eigenvalue weighted by Gasteiger charge is 2.31. The molecule has 1 N–H and O–H groups in total. The third-order valence-electron chi connectivity index (χ3n) is 3.11. The summed E-state index contributed by atoms with van der Waals surface area (Å²) in [6.45, 7) is 1.05. The summed E-state index contributed by atoms with van der Waals surface area (Å²) in [5.74, 6) is -0.263. The quantitative estimate of drug-likeness (QED) is 0.730. The largest absolute Gasteiger partial charge is 0.481 e. The molecular weight excluding hydrogens is 272 g/mol. The van der Waals surface area contributed by atoms with Gasteiger partial charge in [-0.1, -0.05) is 0 Å². The van der Waals surface area contributed by atoms with Crippen LogP contribution in [0.1, 0.15) is 6.42 Å². The molecule has 0 radical (unpaired) electrons. The number of nitrogens with zero attached hydrogens (tertiary/aromatic N) is 2. The molecule has 7 nitrogen and oxygen atoms in total. The number of morpholine rings is 1. The number of thioether (sulfide) groups is 1. The van der Waals surface area contributed by atoms with E-state index in [1.165, 1.54) is 21.6 Å². The zero-order valence-electron chi connectivity index (χ0n) is 10.4. The Morgan fingerprint density at radius 2 is 2.26 bits per heavy atom. The zero-order chi connectivity index (χ0) is 13.8. The predicted octanol–water partition coefficient (Wildman–Crippen LogP) is -0.779. The Labute approximate surface area is 114 Å². The second kappa shape index (κ2) is 6.25. The van der Waals surface area contributed by atoms with Gasteiger partial charge in [0, 0.05) is 6.54 Å². The van der Waals surface area contributed by atoms with E-state index in [0.717, 1.165) is 0 Å². The van der Waals surface area contributed by atoms with Crippen LogP contribution in [0.25, 0.3) is 0 Å². The molecule has 1 atom stereocenters. The highest BCUT2D eigenvalue weighted by atomic mass is 32.2. The molecule has 2 aliphatic heterocycles. The van der Waals surface area contributed by atoms with Crippen LogP contribution >= 0.6 is 11.8 Å². The van der Waals surface area contributed by atoms with Crippen molar-refractivity contribution in [2.24, 2.45) is 0 Å². The molecule has 2 saturated heterocycles. The molecule has 0 aromatic carbocycles. The zero-order valence-corrected chi connectivity index (χ0v) is 11.2. The second-order valence-electron chi connectivity index (χ2n) is 4.48. The number of aliphatic carboxylic acids is 1. The van der Waals surface area contributed by atoms with Crippen LogP contribution < -0.4 is 0 Å². The lowest BCUT2D eigenvalue weighted by Gasteiger charge is -2.35. The minimum atomic E-state index is -0.957. The van der Waals surface area contributed by atoms with E-state index in [2.05, 4.69) is 0 Å². The van der Waals surface area contributed by atoms with E-state index in [4.69, 9.17) is 9.84 Å². The van der Waals surface area contributed by atoms with Gasteiger partial charge in [0.1, 0.15) is 6.54 Å². The van der Waals surface area contributed by atoms with Crippen LogP contribution in [-0.2, 0) is 19.1 Å². The molecule has 0 spiro atoms. The lowest BCUT2D eigenvalue weighted by Crippen LogP contribution is -2.52. The van der Waals surface area contributed by atoms with Gasteiger partial charge in [0.15, 0.2) is 0 Å². The molecule has 2 aliphatic rings. The molecule has 106 valence electrons. The van der Waals surface area contributed by atoms with Gasteiger partial charge in [-0.15, -0.1) is 11.8 Å². The van der Waals surface area contributed by atoms with Crippen molar-refractivity contribution in [2.75, 3.05) is 37.9 Å². The van der Waals surface area contributed by atoms with Crippen LogP contribution in [-0.4, -0.2) is 76.7 Å². The predicted molar refractivity (Wildman–Crippen MR) is 67.6 cm³/mol. The molecule has 0 aliphatic carbocycles. The van der Waals surface area contributed by atoms with Gasteiger partial charge in [-0.3, -0.25) is 14.4 Å². The average Bonchev–Trinajstić information content (AvgIpc) is 2.75.